The fraction of sp³-hybridized carbons (Fsp3) is 0.286. The Morgan fingerprint density at radius 2 is 2.06 bits per heavy atom. The van der Waals surface area contributed by atoms with Crippen molar-refractivity contribution in [3.8, 4) is 5.75 Å². The van der Waals surface area contributed by atoms with Crippen LogP contribution < -0.4 is 10.7 Å². The molecular weight excluding hydrogens is 432 g/mol. The third-order valence-electron chi connectivity index (χ3n) is 5.53. The van der Waals surface area contributed by atoms with Gasteiger partial charge in [0.2, 0.25) is 5.43 Å². The Hall–Kier alpha value is -3.20. The lowest BCUT2D eigenvalue weighted by atomic mass is 10.1. The van der Waals surface area contributed by atoms with E-state index < -0.39 is 46.2 Å². The highest BCUT2D eigenvalue weighted by Crippen LogP contribution is 2.33. The number of nitrogens with zero attached hydrogens (tertiary/aromatic N) is 2. The fourth-order valence-electron chi connectivity index (χ4n) is 3.77. The molecule has 2 amide bonds. The largest absolute Gasteiger partial charge is 0.503 e. The maximum absolute atomic E-state index is 14.6. The van der Waals surface area contributed by atoms with Crippen LogP contribution in [0.25, 0.3) is 0 Å². The third kappa shape index (κ3) is 3.48. The first-order valence-corrected chi connectivity index (χ1v) is 9.93. The van der Waals surface area contributed by atoms with Crippen LogP contribution in [0, 0.1) is 12.7 Å². The van der Waals surface area contributed by atoms with Crippen molar-refractivity contribution in [1.82, 2.24) is 14.8 Å². The number of fused-ring (bicyclic) bond motifs is 4. The monoisotopic (exact) mass is 449 g/mol. The SMILES string of the molecule is Cc1ccc(CNC(=O)c2cn3c(c(O)c2=O)C(=O)N2CCC=C(F)C3C2)c(F)c1Cl. The number of halogens is 3. The van der Waals surface area contributed by atoms with E-state index in [9.17, 15) is 28.3 Å². The normalized spacial score (nSPS) is 17.7. The molecule has 1 aromatic heterocycles. The molecule has 2 aromatic rings. The number of aromatic hydroxyl groups is 1. The van der Waals surface area contributed by atoms with Gasteiger partial charge in [0.25, 0.3) is 11.8 Å². The molecule has 31 heavy (non-hydrogen) atoms. The summed E-state index contributed by atoms with van der Waals surface area (Å²) < 4.78 is 29.9. The number of nitrogens with one attached hydrogen (secondary N) is 1. The number of aromatic nitrogens is 1. The maximum atomic E-state index is 14.6. The van der Waals surface area contributed by atoms with Crippen LogP contribution in [0.2, 0.25) is 5.02 Å². The van der Waals surface area contributed by atoms with Crippen molar-refractivity contribution < 1.29 is 23.5 Å². The van der Waals surface area contributed by atoms with Crippen molar-refractivity contribution in [2.24, 2.45) is 0 Å². The highest BCUT2D eigenvalue weighted by molar-refractivity contribution is 6.31. The Balaban J connectivity index is 1.70. The highest BCUT2D eigenvalue weighted by Gasteiger charge is 2.38. The molecule has 2 bridgehead atoms. The smallest absolute Gasteiger partial charge is 0.274 e. The van der Waals surface area contributed by atoms with E-state index >= 15 is 0 Å². The molecule has 2 N–H and O–H groups in total. The zero-order valence-electron chi connectivity index (χ0n) is 16.4. The van der Waals surface area contributed by atoms with Gasteiger partial charge in [0.05, 0.1) is 5.02 Å². The molecule has 0 saturated carbocycles. The number of hydrogen-bond donors (Lipinski definition) is 2. The van der Waals surface area contributed by atoms with E-state index in [0.717, 1.165) is 10.8 Å². The number of aryl methyl sites for hydroxylation is 1. The number of benzene rings is 1. The van der Waals surface area contributed by atoms with Crippen molar-refractivity contribution in [1.29, 1.82) is 0 Å². The molecule has 0 radical (unpaired) electrons. The first-order valence-electron chi connectivity index (χ1n) is 9.55. The topological polar surface area (TPSA) is 91.6 Å². The van der Waals surface area contributed by atoms with Crippen LogP contribution >= 0.6 is 11.6 Å². The first kappa shape index (κ1) is 21.0. The molecule has 0 aliphatic carbocycles. The summed E-state index contributed by atoms with van der Waals surface area (Å²) in [6.07, 6.45) is 2.70. The lowest BCUT2D eigenvalue weighted by molar-refractivity contribution is 0.0677. The van der Waals surface area contributed by atoms with Crippen molar-refractivity contribution in [2.75, 3.05) is 13.1 Å². The standard InChI is InChI=1S/C21H18ClF2N3O4/c1-10-4-5-11(16(24)15(10)22)7-25-20(30)12-8-27-14-9-26(6-2-3-13(14)23)21(31)17(27)19(29)18(12)28/h3-5,8,14,29H,2,6-7,9H2,1H3,(H,25,30). The summed E-state index contributed by atoms with van der Waals surface area (Å²) in [4.78, 5) is 39.3. The third-order valence-corrected chi connectivity index (χ3v) is 5.99. The highest BCUT2D eigenvalue weighted by atomic mass is 35.5. The average Bonchev–Trinajstić information content (AvgIpc) is 2.91. The van der Waals surface area contributed by atoms with Crippen LogP contribution in [0.4, 0.5) is 8.78 Å². The minimum atomic E-state index is -1.07. The van der Waals surface area contributed by atoms with E-state index in [0.29, 0.717) is 12.0 Å². The van der Waals surface area contributed by atoms with Gasteiger partial charge in [-0.3, -0.25) is 14.4 Å². The molecule has 0 spiro atoms. The number of rotatable bonds is 3. The Morgan fingerprint density at radius 3 is 2.81 bits per heavy atom. The number of carbonyl (C=O) groups is 2. The van der Waals surface area contributed by atoms with Crippen molar-refractivity contribution in [3.63, 3.8) is 0 Å². The second-order valence-corrected chi connectivity index (χ2v) is 7.85. The van der Waals surface area contributed by atoms with E-state index in [1.54, 1.807) is 13.0 Å². The van der Waals surface area contributed by atoms with Gasteiger partial charge in [0, 0.05) is 31.4 Å². The summed E-state index contributed by atoms with van der Waals surface area (Å²) in [5, 5.41) is 12.7. The van der Waals surface area contributed by atoms with Crippen LogP contribution in [-0.4, -0.2) is 39.5 Å². The van der Waals surface area contributed by atoms with Crippen LogP contribution in [0.5, 0.6) is 5.75 Å². The molecule has 4 rings (SSSR count). The molecule has 162 valence electrons. The predicted octanol–water partition coefficient (Wildman–Crippen LogP) is 2.84. The van der Waals surface area contributed by atoms with E-state index in [2.05, 4.69) is 5.32 Å². The lowest BCUT2D eigenvalue weighted by Gasteiger charge is -2.34. The first-order chi connectivity index (χ1) is 14.7. The van der Waals surface area contributed by atoms with Crippen LogP contribution in [0.1, 0.15) is 44.4 Å². The second-order valence-electron chi connectivity index (χ2n) is 7.47. The van der Waals surface area contributed by atoms with Crippen molar-refractivity contribution in [3.05, 3.63) is 73.7 Å². The number of hydrogen-bond acceptors (Lipinski definition) is 4. The van der Waals surface area contributed by atoms with Crippen molar-refractivity contribution >= 4 is 23.4 Å². The van der Waals surface area contributed by atoms with Gasteiger partial charge >= 0.3 is 0 Å². The lowest BCUT2D eigenvalue weighted by Crippen LogP contribution is -2.44. The molecule has 1 aromatic carbocycles. The van der Waals surface area contributed by atoms with E-state index in [1.165, 1.54) is 17.0 Å². The quantitative estimate of drug-likeness (QED) is 0.753. The minimum absolute atomic E-state index is 0.0185. The summed E-state index contributed by atoms with van der Waals surface area (Å²) in [7, 11) is 0. The summed E-state index contributed by atoms with van der Waals surface area (Å²) >= 11 is 5.88. The number of carbonyl (C=O) groups excluding carboxylic acids is 2. The minimum Gasteiger partial charge on any atom is -0.503 e. The van der Waals surface area contributed by atoms with Gasteiger partial charge in [-0.25, -0.2) is 8.78 Å². The molecule has 1 atom stereocenters. The van der Waals surface area contributed by atoms with Gasteiger partial charge in [-0.15, -0.1) is 0 Å². The van der Waals surface area contributed by atoms with Crippen LogP contribution in [0.15, 0.2) is 35.0 Å². The molecule has 7 nitrogen and oxygen atoms in total. The summed E-state index contributed by atoms with van der Waals surface area (Å²) in [5.74, 6) is -3.66. The second kappa shape index (κ2) is 7.81. The van der Waals surface area contributed by atoms with Crippen molar-refractivity contribution in [2.45, 2.75) is 25.9 Å². The summed E-state index contributed by atoms with van der Waals surface area (Å²) in [6.45, 7) is 1.64. The number of pyridine rings is 1. The van der Waals surface area contributed by atoms with Gasteiger partial charge in [-0.2, -0.15) is 0 Å². The van der Waals surface area contributed by atoms with E-state index in [4.69, 9.17) is 11.6 Å². The maximum Gasteiger partial charge on any atom is 0.274 e. The molecule has 1 unspecified atom stereocenters. The molecule has 10 heteroatoms. The van der Waals surface area contributed by atoms with Crippen LogP contribution in [0.3, 0.4) is 0 Å². The van der Waals surface area contributed by atoms with Crippen LogP contribution in [-0.2, 0) is 6.54 Å². The molecule has 0 fully saturated rings. The van der Waals surface area contributed by atoms with Gasteiger partial charge in [0.1, 0.15) is 23.2 Å². The zero-order valence-corrected chi connectivity index (χ0v) is 17.2. The van der Waals surface area contributed by atoms with E-state index in [-0.39, 0.29) is 35.9 Å². The number of amides is 2. The Kier molecular flexibility index (Phi) is 5.30. The predicted molar refractivity (Wildman–Crippen MR) is 108 cm³/mol. The Morgan fingerprint density at radius 1 is 1.32 bits per heavy atom. The Labute approximate surface area is 180 Å². The summed E-state index contributed by atoms with van der Waals surface area (Å²) in [5.41, 5.74) is -1.28. The molecular formula is C21H18ClF2N3O4. The molecule has 2 aliphatic heterocycles. The molecule has 2 aliphatic rings. The molecule has 0 saturated heterocycles. The van der Waals surface area contributed by atoms with Gasteiger partial charge in [-0.05, 0) is 25.0 Å². The summed E-state index contributed by atoms with van der Waals surface area (Å²) in [6, 6.07) is 2.08. The Bertz CT molecular complexity index is 1210. The van der Waals surface area contributed by atoms with Gasteiger partial charge in [-0.1, -0.05) is 23.7 Å². The fourth-order valence-corrected chi connectivity index (χ4v) is 3.95. The average molecular weight is 450 g/mol. The van der Waals surface area contributed by atoms with E-state index in [1.807, 2.05) is 0 Å². The van der Waals surface area contributed by atoms with Gasteiger partial charge < -0.3 is 19.9 Å². The zero-order chi connectivity index (χ0) is 22.4. The van der Waals surface area contributed by atoms with Gasteiger partial charge in [0.15, 0.2) is 11.4 Å². The molecule has 3 heterocycles.